The third-order valence-corrected chi connectivity index (χ3v) is 3.64. The summed E-state index contributed by atoms with van der Waals surface area (Å²) in [5.74, 6) is -2.00. The average molecular weight is 285 g/mol. The van der Waals surface area contributed by atoms with E-state index in [0.29, 0.717) is 13.0 Å². The van der Waals surface area contributed by atoms with Crippen LogP contribution in [0.15, 0.2) is 42.7 Å². The molecule has 1 fully saturated rings. The van der Waals surface area contributed by atoms with Crippen molar-refractivity contribution in [3.05, 3.63) is 48.3 Å². The summed E-state index contributed by atoms with van der Waals surface area (Å²) in [5.41, 5.74) is 1.83. The summed E-state index contributed by atoms with van der Waals surface area (Å²) >= 11 is 0. The van der Waals surface area contributed by atoms with E-state index in [1.54, 1.807) is 10.9 Å². The molecule has 1 aliphatic rings. The van der Waals surface area contributed by atoms with Crippen LogP contribution in [0.25, 0.3) is 5.69 Å². The Morgan fingerprint density at radius 2 is 2.10 bits per heavy atom. The molecule has 21 heavy (non-hydrogen) atoms. The minimum atomic E-state index is -0.896. The number of nitrogens with one attached hydrogen (secondary N) is 1. The fourth-order valence-corrected chi connectivity index (χ4v) is 2.37. The van der Waals surface area contributed by atoms with Crippen molar-refractivity contribution in [2.24, 2.45) is 11.8 Å². The van der Waals surface area contributed by atoms with Gasteiger partial charge in [-0.05, 0) is 24.1 Å². The molecule has 0 saturated heterocycles. The minimum absolute atomic E-state index is 0.197. The lowest BCUT2D eigenvalue weighted by molar-refractivity contribution is -0.140. The quantitative estimate of drug-likeness (QED) is 0.864. The molecule has 1 saturated carbocycles. The number of nitrogens with zero attached hydrogens (tertiary/aromatic N) is 2. The van der Waals surface area contributed by atoms with Gasteiger partial charge >= 0.3 is 5.97 Å². The number of rotatable bonds is 5. The number of aromatic nitrogens is 2. The second-order valence-electron chi connectivity index (χ2n) is 5.08. The van der Waals surface area contributed by atoms with Crippen LogP contribution in [0, 0.1) is 11.8 Å². The maximum Gasteiger partial charge on any atom is 0.307 e. The van der Waals surface area contributed by atoms with Crippen molar-refractivity contribution < 1.29 is 14.7 Å². The van der Waals surface area contributed by atoms with E-state index < -0.39 is 11.9 Å². The Kier molecular flexibility index (Phi) is 3.43. The maximum atomic E-state index is 11.9. The Morgan fingerprint density at radius 3 is 2.76 bits per heavy atom. The molecule has 108 valence electrons. The van der Waals surface area contributed by atoms with Crippen LogP contribution in [0.1, 0.15) is 12.0 Å². The third kappa shape index (κ3) is 2.79. The van der Waals surface area contributed by atoms with E-state index in [4.69, 9.17) is 5.11 Å². The van der Waals surface area contributed by atoms with Gasteiger partial charge in [0, 0.05) is 18.9 Å². The molecule has 1 amide bonds. The van der Waals surface area contributed by atoms with E-state index >= 15 is 0 Å². The number of carbonyl (C=O) groups is 2. The predicted octanol–water partition coefficient (Wildman–Crippen LogP) is 1.21. The van der Waals surface area contributed by atoms with E-state index in [9.17, 15) is 9.59 Å². The number of carbonyl (C=O) groups excluding carboxylic acids is 1. The topological polar surface area (TPSA) is 84.2 Å². The highest BCUT2D eigenvalue weighted by Gasteiger charge is 2.48. The lowest BCUT2D eigenvalue weighted by Crippen LogP contribution is -2.26. The normalized spacial score (nSPS) is 20.0. The molecule has 0 aliphatic heterocycles. The van der Waals surface area contributed by atoms with Crippen molar-refractivity contribution in [2.45, 2.75) is 13.0 Å². The van der Waals surface area contributed by atoms with Crippen LogP contribution in [-0.4, -0.2) is 26.8 Å². The standard InChI is InChI=1S/C15H15N3O3/c19-14(11-8-12(11)15(20)21)16-9-10-4-1-2-5-13(10)18-7-3-6-17-18/h1-7,11-12H,8-9H2,(H,16,19)(H,20,21)/t11-,12+/m1/s1. The smallest absolute Gasteiger partial charge is 0.307 e. The summed E-state index contributed by atoms with van der Waals surface area (Å²) < 4.78 is 1.73. The molecular weight excluding hydrogens is 270 g/mol. The third-order valence-electron chi connectivity index (χ3n) is 3.64. The van der Waals surface area contributed by atoms with Crippen LogP contribution in [0.3, 0.4) is 0 Å². The number of benzene rings is 1. The van der Waals surface area contributed by atoms with Gasteiger partial charge in [0.2, 0.25) is 5.91 Å². The summed E-state index contributed by atoms with van der Waals surface area (Å²) in [7, 11) is 0. The Balaban J connectivity index is 1.67. The molecule has 6 heteroatoms. The molecule has 1 aliphatic carbocycles. The van der Waals surface area contributed by atoms with Gasteiger partial charge in [-0.15, -0.1) is 0 Å². The molecule has 2 atom stereocenters. The largest absolute Gasteiger partial charge is 0.481 e. The van der Waals surface area contributed by atoms with E-state index in [2.05, 4.69) is 10.4 Å². The number of hydrogen-bond donors (Lipinski definition) is 2. The predicted molar refractivity (Wildman–Crippen MR) is 74.6 cm³/mol. The number of aliphatic carboxylic acids is 1. The molecule has 0 bridgehead atoms. The van der Waals surface area contributed by atoms with Crippen molar-refractivity contribution in [3.63, 3.8) is 0 Å². The molecule has 1 aromatic heterocycles. The summed E-state index contributed by atoms with van der Waals surface area (Å²) in [6.45, 7) is 0.359. The van der Waals surface area contributed by atoms with E-state index in [-0.39, 0.29) is 11.8 Å². The summed E-state index contributed by atoms with van der Waals surface area (Å²) in [6, 6.07) is 9.47. The first-order valence-electron chi connectivity index (χ1n) is 6.75. The molecule has 0 spiro atoms. The maximum absolute atomic E-state index is 11.9. The van der Waals surface area contributed by atoms with Crippen molar-refractivity contribution >= 4 is 11.9 Å². The van der Waals surface area contributed by atoms with E-state index in [1.165, 1.54) is 0 Å². The zero-order valence-corrected chi connectivity index (χ0v) is 11.3. The zero-order valence-electron chi connectivity index (χ0n) is 11.3. The van der Waals surface area contributed by atoms with Gasteiger partial charge in [-0.25, -0.2) is 4.68 Å². The SMILES string of the molecule is O=C(O)[C@H]1C[C@H]1C(=O)NCc1ccccc1-n1cccn1. The second kappa shape index (κ2) is 5.40. The van der Waals surface area contributed by atoms with Gasteiger partial charge in [-0.1, -0.05) is 18.2 Å². The highest BCUT2D eigenvalue weighted by atomic mass is 16.4. The van der Waals surface area contributed by atoms with Crippen molar-refractivity contribution in [1.82, 2.24) is 15.1 Å². The molecule has 0 radical (unpaired) electrons. The molecule has 1 aromatic carbocycles. The Hall–Kier alpha value is -2.63. The Morgan fingerprint density at radius 1 is 1.29 bits per heavy atom. The average Bonchev–Trinajstić information content (AvgIpc) is 3.12. The molecule has 1 heterocycles. The van der Waals surface area contributed by atoms with Gasteiger partial charge in [0.1, 0.15) is 0 Å². The van der Waals surface area contributed by atoms with Crippen LogP contribution in [0.2, 0.25) is 0 Å². The molecule has 0 unspecified atom stereocenters. The summed E-state index contributed by atoms with van der Waals surface area (Å²) in [4.78, 5) is 22.7. The number of amides is 1. The lowest BCUT2D eigenvalue weighted by Gasteiger charge is -2.10. The molecular formula is C15H15N3O3. The van der Waals surface area contributed by atoms with Gasteiger partial charge in [0.25, 0.3) is 0 Å². The molecule has 2 N–H and O–H groups in total. The first kappa shape index (κ1) is 13.4. The number of carboxylic acid groups (broad SMARTS) is 1. The van der Waals surface area contributed by atoms with Gasteiger partial charge in [-0.3, -0.25) is 9.59 Å². The second-order valence-corrected chi connectivity index (χ2v) is 5.08. The van der Waals surface area contributed by atoms with Gasteiger partial charge in [-0.2, -0.15) is 5.10 Å². The van der Waals surface area contributed by atoms with E-state index in [1.807, 2.05) is 36.5 Å². The highest BCUT2D eigenvalue weighted by molar-refractivity contribution is 5.89. The first-order valence-corrected chi connectivity index (χ1v) is 6.75. The van der Waals surface area contributed by atoms with Crippen LogP contribution < -0.4 is 5.32 Å². The summed E-state index contributed by atoms with van der Waals surface area (Å²) in [5, 5.41) is 15.8. The Labute approximate surface area is 121 Å². The minimum Gasteiger partial charge on any atom is -0.481 e. The van der Waals surface area contributed by atoms with Crippen LogP contribution in [0.4, 0.5) is 0 Å². The highest BCUT2D eigenvalue weighted by Crippen LogP contribution is 2.38. The van der Waals surface area contributed by atoms with Gasteiger partial charge in [0.05, 0.1) is 17.5 Å². The number of carboxylic acids is 1. The molecule has 2 aromatic rings. The van der Waals surface area contributed by atoms with Crippen molar-refractivity contribution in [2.75, 3.05) is 0 Å². The lowest BCUT2D eigenvalue weighted by atomic mass is 10.1. The van der Waals surface area contributed by atoms with Crippen molar-refractivity contribution in [1.29, 1.82) is 0 Å². The fraction of sp³-hybridized carbons (Fsp3) is 0.267. The van der Waals surface area contributed by atoms with Crippen LogP contribution in [0.5, 0.6) is 0 Å². The van der Waals surface area contributed by atoms with Gasteiger partial charge < -0.3 is 10.4 Å². The van der Waals surface area contributed by atoms with Crippen LogP contribution in [-0.2, 0) is 16.1 Å². The van der Waals surface area contributed by atoms with Crippen molar-refractivity contribution in [3.8, 4) is 5.69 Å². The summed E-state index contributed by atoms with van der Waals surface area (Å²) in [6.07, 6.45) is 3.96. The number of hydrogen-bond acceptors (Lipinski definition) is 3. The van der Waals surface area contributed by atoms with Gasteiger partial charge in [0.15, 0.2) is 0 Å². The molecule has 3 rings (SSSR count). The van der Waals surface area contributed by atoms with Crippen LogP contribution >= 0.6 is 0 Å². The fourth-order valence-electron chi connectivity index (χ4n) is 2.37. The monoisotopic (exact) mass is 285 g/mol. The zero-order chi connectivity index (χ0) is 14.8. The Bertz CT molecular complexity index is 667. The first-order chi connectivity index (χ1) is 10.2. The molecule has 6 nitrogen and oxygen atoms in total. The van der Waals surface area contributed by atoms with E-state index in [0.717, 1.165) is 11.3 Å². The number of para-hydroxylation sites is 1.